The second-order valence-electron chi connectivity index (χ2n) is 4.37. The van der Waals surface area contributed by atoms with E-state index >= 15 is 0 Å². The molecule has 1 aliphatic rings. The van der Waals surface area contributed by atoms with Gasteiger partial charge in [0.05, 0.1) is 19.8 Å². The SMILES string of the molecule is COc1ccc(OC)c(C(=O)CCC(=O)N2CC2)c1. The number of hydrogen-bond donors (Lipinski definition) is 0. The number of amides is 1. The lowest BCUT2D eigenvalue weighted by molar-refractivity contribution is -0.125. The molecule has 1 heterocycles. The first kappa shape index (κ1) is 13.4. The van der Waals surface area contributed by atoms with Crippen LogP contribution in [0, 0.1) is 0 Å². The average molecular weight is 263 g/mol. The number of methoxy groups -OCH3 is 2. The summed E-state index contributed by atoms with van der Waals surface area (Å²) in [5.41, 5.74) is 0.459. The fraction of sp³-hybridized carbons (Fsp3) is 0.429. The quantitative estimate of drug-likeness (QED) is 0.576. The van der Waals surface area contributed by atoms with Crippen molar-refractivity contribution in [3.8, 4) is 11.5 Å². The zero-order chi connectivity index (χ0) is 13.8. The number of ether oxygens (including phenoxy) is 2. The predicted octanol–water partition coefficient (Wildman–Crippen LogP) is 1.51. The molecule has 1 amide bonds. The van der Waals surface area contributed by atoms with Crippen LogP contribution in [0.25, 0.3) is 0 Å². The molecule has 19 heavy (non-hydrogen) atoms. The van der Waals surface area contributed by atoms with Crippen LogP contribution in [-0.4, -0.2) is 43.9 Å². The van der Waals surface area contributed by atoms with Gasteiger partial charge in [0.2, 0.25) is 5.91 Å². The second kappa shape index (κ2) is 5.73. The van der Waals surface area contributed by atoms with E-state index in [1.165, 1.54) is 7.11 Å². The maximum Gasteiger partial charge on any atom is 0.223 e. The Bertz CT molecular complexity index is 494. The highest BCUT2D eigenvalue weighted by atomic mass is 16.5. The number of carbonyl (C=O) groups excluding carboxylic acids is 2. The zero-order valence-corrected chi connectivity index (χ0v) is 11.1. The number of rotatable bonds is 6. The molecule has 0 spiro atoms. The molecule has 1 aromatic carbocycles. The molecule has 0 N–H and O–H groups in total. The van der Waals surface area contributed by atoms with Crippen molar-refractivity contribution in [2.24, 2.45) is 0 Å². The summed E-state index contributed by atoms with van der Waals surface area (Å²) in [6.07, 6.45) is 0.443. The molecule has 1 aromatic rings. The third kappa shape index (κ3) is 3.24. The van der Waals surface area contributed by atoms with E-state index in [1.54, 1.807) is 30.2 Å². The Morgan fingerprint density at radius 1 is 1.16 bits per heavy atom. The molecule has 5 heteroatoms. The van der Waals surface area contributed by atoms with Crippen molar-refractivity contribution in [2.75, 3.05) is 27.3 Å². The highest BCUT2D eigenvalue weighted by Gasteiger charge is 2.24. The monoisotopic (exact) mass is 263 g/mol. The molecular formula is C14H17NO4. The molecule has 1 aliphatic heterocycles. The summed E-state index contributed by atoms with van der Waals surface area (Å²) in [4.78, 5) is 25.4. The highest BCUT2D eigenvalue weighted by molar-refractivity contribution is 6.00. The van der Waals surface area contributed by atoms with Gasteiger partial charge < -0.3 is 14.4 Å². The summed E-state index contributed by atoms with van der Waals surface area (Å²) in [6.45, 7) is 1.63. The number of carbonyl (C=O) groups is 2. The van der Waals surface area contributed by atoms with Gasteiger partial charge >= 0.3 is 0 Å². The van der Waals surface area contributed by atoms with Crippen LogP contribution in [0.2, 0.25) is 0 Å². The first-order chi connectivity index (χ1) is 9.15. The minimum absolute atomic E-state index is 0.0372. The van der Waals surface area contributed by atoms with Crippen LogP contribution in [0.3, 0.4) is 0 Å². The molecule has 5 nitrogen and oxygen atoms in total. The average Bonchev–Trinajstić information content (AvgIpc) is 3.28. The van der Waals surface area contributed by atoms with Crippen LogP contribution in [0.1, 0.15) is 23.2 Å². The normalized spacial score (nSPS) is 13.1. The van der Waals surface area contributed by atoms with E-state index < -0.39 is 0 Å². The van der Waals surface area contributed by atoms with Crippen LogP contribution in [0.4, 0.5) is 0 Å². The first-order valence-electron chi connectivity index (χ1n) is 6.18. The summed E-state index contributed by atoms with van der Waals surface area (Å²) in [5.74, 6) is 1.03. The van der Waals surface area contributed by atoms with E-state index in [1.807, 2.05) is 0 Å². The number of benzene rings is 1. The first-order valence-corrected chi connectivity index (χ1v) is 6.18. The molecule has 2 rings (SSSR count). The Hall–Kier alpha value is -2.04. The molecular weight excluding hydrogens is 246 g/mol. The van der Waals surface area contributed by atoms with Gasteiger partial charge in [-0.3, -0.25) is 9.59 Å². The van der Waals surface area contributed by atoms with Gasteiger partial charge in [-0.05, 0) is 18.2 Å². The maximum absolute atomic E-state index is 12.1. The Morgan fingerprint density at radius 3 is 2.47 bits per heavy atom. The summed E-state index contributed by atoms with van der Waals surface area (Å²) in [7, 11) is 3.06. The van der Waals surface area contributed by atoms with E-state index in [9.17, 15) is 9.59 Å². The van der Waals surface area contributed by atoms with Crippen LogP contribution in [0.15, 0.2) is 18.2 Å². The fourth-order valence-electron chi connectivity index (χ4n) is 1.84. The molecule has 0 atom stereocenters. The number of Topliss-reactive ketones (excluding diaryl/α,β-unsaturated/α-hetero) is 1. The van der Waals surface area contributed by atoms with Crippen molar-refractivity contribution < 1.29 is 19.1 Å². The lowest BCUT2D eigenvalue weighted by atomic mass is 10.0. The van der Waals surface area contributed by atoms with E-state index in [2.05, 4.69) is 0 Å². The van der Waals surface area contributed by atoms with Crippen LogP contribution < -0.4 is 9.47 Å². The molecule has 102 valence electrons. The third-order valence-corrected chi connectivity index (χ3v) is 3.07. The van der Waals surface area contributed by atoms with Crippen molar-refractivity contribution in [1.29, 1.82) is 0 Å². The maximum atomic E-state index is 12.1. The van der Waals surface area contributed by atoms with Gasteiger partial charge in [0.25, 0.3) is 0 Å². The lowest BCUT2D eigenvalue weighted by Gasteiger charge is -2.09. The minimum atomic E-state index is -0.106. The summed E-state index contributed by atoms with van der Waals surface area (Å²) >= 11 is 0. The molecule has 0 radical (unpaired) electrons. The van der Waals surface area contributed by atoms with E-state index in [0.29, 0.717) is 17.1 Å². The molecule has 0 bridgehead atoms. The molecule has 1 saturated heterocycles. The van der Waals surface area contributed by atoms with Gasteiger partial charge in [-0.25, -0.2) is 0 Å². The third-order valence-electron chi connectivity index (χ3n) is 3.07. The van der Waals surface area contributed by atoms with Crippen molar-refractivity contribution in [3.05, 3.63) is 23.8 Å². The Labute approximate surface area is 112 Å². The minimum Gasteiger partial charge on any atom is -0.497 e. The van der Waals surface area contributed by atoms with Crippen molar-refractivity contribution in [1.82, 2.24) is 4.90 Å². The van der Waals surface area contributed by atoms with E-state index in [4.69, 9.17) is 9.47 Å². The van der Waals surface area contributed by atoms with Crippen molar-refractivity contribution >= 4 is 11.7 Å². The summed E-state index contributed by atoms with van der Waals surface area (Å²) in [6, 6.07) is 5.07. The fourth-order valence-corrected chi connectivity index (χ4v) is 1.84. The molecule has 0 unspecified atom stereocenters. The van der Waals surface area contributed by atoms with Gasteiger partial charge in [0, 0.05) is 25.9 Å². The highest BCUT2D eigenvalue weighted by Crippen LogP contribution is 2.25. The number of nitrogens with zero attached hydrogens (tertiary/aromatic N) is 1. The lowest BCUT2D eigenvalue weighted by Crippen LogP contribution is -2.12. The zero-order valence-electron chi connectivity index (χ0n) is 11.1. The van der Waals surface area contributed by atoms with Gasteiger partial charge in [-0.1, -0.05) is 0 Å². The number of hydrogen-bond acceptors (Lipinski definition) is 4. The summed E-state index contributed by atoms with van der Waals surface area (Å²) < 4.78 is 10.3. The van der Waals surface area contributed by atoms with Crippen molar-refractivity contribution in [2.45, 2.75) is 12.8 Å². The largest absolute Gasteiger partial charge is 0.497 e. The van der Waals surface area contributed by atoms with Gasteiger partial charge in [0.1, 0.15) is 11.5 Å². The van der Waals surface area contributed by atoms with Gasteiger partial charge in [-0.2, -0.15) is 0 Å². The molecule has 0 aliphatic carbocycles. The van der Waals surface area contributed by atoms with Gasteiger partial charge in [0.15, 0.2) is 5.78 Å². The predicted molar refractivity (Wildman–Crippen MR) is 69.7 cm³/mol. The molecule has 0 aromatic heterocycles. The van der Waals surface area contributed by atoms with Crippen molar-refractivity contribution in [3.63, 3.8) is 0 Å². The van der Waals surface area contributed by atoms with Crippen LogP contribution in [0.5, 0.6) is 11.5 Å². The van der Waals surface area contributed by atoms with Gasteiger partial charge in [-0.15, -0.1) is 0 Å². The second-order valence-corrected chi connectivity index (χ2v) is 4.37. The standard InChI is InChI=1S/C14H17NO4/c1-18-10-3-5-13(19-2)11(9-10)12(16)4-6-14(17)15-7-8-15/h3,5,9H,4,6-8H2,1-2H3. The molecule has 1 fully saturated rings. The Balaban J connectivity index is 2.05. The summed E-state index contributed by atoms with van der Waals surface area (Å²) in [5, 5.41) is 0. The topological polar surface area (TPSA) is 55.6 Å². The Kier molecular flexibility index (Phi) is 4.04. The smallest absolute Gasteiger partial charge is 0.223 e. The van der Waals surface area contributed by atoms with E-state index in [0.717, 1.165) is 13.1 Å². The van der Waals surface area contributed by atoms with E-state index in [-0.39, 0.29) is 24.5 Å². The Morgan fingerprint density at radius 2 is 1.89 bits per heavy atom. The van der Waals surface area contributed by atoms with Crippen LogP contribution in [-0.2, 0) is 4.79 Å². The molecule has 0 saturated carbocycles. The van der Waals surface area contributed by atoms with Crippen LogP contribution >= 0.6 is 0 Å². The number of ketones is 1.